The van der Waals surface area contributed by atoms with Crippen LogP contribution in [0.5, 0.6) is 0 Å². The Morgan fingerprint density at radius 2 is 1.06 bits per heavy atom. The monoisotopic (exact) mass is 502 g/mol. The average molecular weight is 502 g/mol. The lowest BCUT2D eigenvalue weighted by Gasteiger charge is -2.40. The molecule has 31 heavy (non-hydrogen) atoms. The number of halogens is 16. The third-order valence-electron chi connectivity index (χ3n) is 3.59. The molecular formula is C13H10F16O2. The van der Waals surface area contributed by atoms with Crippen LogP contribution in [0.3, 0.4) is 0 Å². The maximum absolute atomic E-state index is 13.6. The number of carbonyl (C=O) groups excluding carboxylic acids is 1. The molecule has 0 bridgehead atoms. The summed E-state index contributed by atoms with van der Waals surface area (Å²) < 4.78 is 210. The predicted octanol–water partition coefficient (Wildman–Crippen LogP) is 6.25. The molecule has 0 rings (SSSR count). The molecule has 0 N–H and O–H groups in total. The fourth-order valence-electron chi connectivity index (χ4n) is 1.82. The van der Waals surface area contributed by atoms with Gasteiger partial charge in [-0.25, -0.2) is 0 Å². The van der Waals surface area contributed by atoms with E-state index < -0.39 is 66.9 Å². The summed E-state index contributed by atoms with van der Waals surface area (Å²) in [5, 5.41) is 0. The van der Waals surface area contributed by atoms with Crippen LogP contribution in [0.2, 0.25) is 0 Å². The summed E-state index contributed by atoms with van der Waals surface area (Å²) in [6.45, 7) is 0.238. The molecule has 0 aliphatic heterocycles. The van der Waals surface area contributed by atoms with Gasteiger partial charge < -0.3 is 4.74 Å². The van der Waals surface area contributed by atoms with E-state index in [1.807, 2.05) is 0 Å². The van der Waals surface area contributed by atoms with Crippen molar-refractivity contribution in [1.82, 2.24) is 0 Å². The van der Waals surface area contributed by atoms with E-state index in [2.05, 4.69) is 4.74 Å². The summed E-state index contributed by atoms with van der Waals surface area (Å²) in [6.07, 6.45) is -17.8. The van der Waals surface area contributed by atoms with Crippen LogP contribution >= 0.6 is 0 Å². The lowest BCUT2D eigenvalue weighted by atomic mass is 9.89. The molecule has 1 atom stereocenters. The Balaban J connectivity index is 6.34. The second kappa shape index (κ2) is 8.37. The van der Waals surface area contributed by atoms with Gasteiger partial charge in [-0.3, -0.25) is 4.79 Å². The SMILES string of the molecule is CCCOC(=O)C(CC(F)(F)C(F)(F)C(F)(F)C(F)(F)C(F)(F)C(F)(F)F)C(F)(F)F. The van der Waals surface area contributed by atoms with E-state index in [1.165, 1.54) is 0 Å². The molecule has 2 nitrogen and oxygen atoms in total. The standard InChI is InChI=1S/C13H10F16O2/c1-2-3-31-6(30)5(8(16,17)18)4-7(14,15)9(19,20)10(21,22)11(23,24)12(25,26)13(27,28)29/h5H,2-4H2,1H3. The quantitative estimate of drug-likeness (QED) is 0.276. The first-order valence-electron chi connectivity index (χ1n) is 7.52. The lowest BCUT2D eigenvalue weighted by Crippen LogP contribution is -2.70. The largest absolute Gasteiger partial charge is 0.465 e. The van der Waals surface area contributed by atoms with E-state index in [0.29, 0.717) is 0 Å². The average Bonchev–Trinajstić information content (AvgIpc) is 2.54. The Hall–Kier alpha value is -1.65. The second-order valence-corrected chi connectivity index (χ2v) is 5.97. The van der Waals surface area contributed by atoms with Gasteiger partial charge in [-0.15, -0.1) is 0 Å². The summed E-state index contributed by atoms with van der Waals surface area (Å²) in [7, 11) is 0. The molecule has 0 amide bonds. The van der Waals surface area contributed by atoms with Crippen LogP contribution in [0.1, 0.15) is 19.8 Å². The number of carbonyl (C=O) groups is 1. The van der Waals surface area contributed by atoms with E-state index >= 15 is 0 Å². The van der Waals surface area contributed by atoms with E-state index in [9.17, 15) is 75.0 Å². The summed E-state index contributed by atoms with van der Waals surface area (Å²) in [5.41, 5.74) is 0. The van der Waals surface area contributed by atoms with Gasteiger partial charge in [0.25, 0.3) is 0 Å². The number of alkyl halides is 16. The summed E-state index contributed by atoms with van der Waals surface area (Å²) in [4.78, 5) is 11.2. The molecule has 0 spiro atoms. The highest BCUT2D eigenvalue weighted by molar-refractivity contribution is 5.73. The predicted molar refractivity (Wildman–Crippen MR) is 66.2 cm³/mol. The van der Waals surface area contributed by atoms with Crippen LogP contribution in [-0.4, -0.2) is 54.5 Å². The Morgan fingerprint density at radius 3 is 1.39 bits per heavy atom. The zero-order chi connectivity index (χ0) is 25.5. The topological polar surface area (TPSA) is 26.3 Å². The van der Waals surface area contributed by atoms with Crippen molar-refractivity contribution in [1.29, 1.82) is 0 Å². The minimum Gasteiger partial charge on any atom is -0.465 e. The van der Waals surface area contributed by atoms with E-state index in [-0.39, 0.29) is 6.42 Å². The number of rotatable bonds is 9. The van der Waals surface area contributed by atoms with Gasteiger partial charge in [-0.1, -0.05) is 6.92 Å². The fourth-order valence-corrected chi connectivity index (χ4v) is 1.82. The van der Waals surface area contributed by atoms with Gasteiger partial charge in [-0.2, -0.15) is 70.2 Å². The maximum Gasteiger partial charge on any atom is 0.460 e. The highest BCUT2D eigenvalue weighted by atomic mass is 19.4. The zero-order valence-electron chi connectivity index (χ0n) is 14.6. The Labute approximate surface area is 161 Å². The van der Waals surface area contributed by atoms with Crippen LogP contribution in [0.4, 0.5) is 70.2 Å². The molecule has 0 radical (unpaired) electrons. The van der Waals surface area contributed by atoms with Gasteiger partial charge in [0, 0.05) is 6.42 Å². The number of hydrogen-bond donors (Lipinski definition) is 0. The molecule has 0 fully saturated rings. The first-order valence-corrected chi connectivity index (χ1v) is 7.52. The van der Waals surface area contributed by atoms with Crippen molar-refractivity contribution < 1.29 is 79.8 Å². The highest BCUT2D eigenvalue weighted by Gasteiger charge is 2.90. The summed E-state index contributed by atoms with van der Waals surface area (Å²) in [6, 6.07) is 0. The third-order valence-corrected chi connectivity index (χ3v) is 3.59. The first-order chi connectivity index (χ1) is 13.3. The summed E-state index contributed by atoms with van der Waals surface area (Å²) in [5.74, 6) is -46.5. The van der Waals surface area contributed by atoms with Crippen molar-refractivity contribution in [2.75, 3.05) is 6.61 Å². The molecule has 0 aliphatic rings. The van der Waals surface area contributed by atoms with Gasteiger partial charge in [0.2, 0.25) is 0 Å². The fraction of sp³-hybridized carbons (Fsp3) is 0.923. The first kappa shape index (κ1) is 29.3. The van der Waals surface area contributed by atoms with Gasteiger partial charge >= 0.3 is 47.9 Å². The van der Waals surface area contributed by atoms with E-state index in [4.69, 9.17) is 0 Å². The van der Waals surface area contributed by atoms with Gasteiger partial charge in [0.15, 0.2) is 5.92 Å². The molecule has 18 heteroatoms. The smallest absolute Gasteiger partial charge is 0.460 e. The third kappa shape index (κ3) is 5.06. The lowest BCUT2D eigenvalue weighted by molar-refractivity contribution is -0.441. The van der Waals surface area contributed by atoms with Gasteiger partial charge in [0.1, 0.15) is 0 Å². The number of hydrogen-bond acceptors (Lipinski definition) is 2. The van der Waals surface area contributed by atoms with E-state index in [1.54, 1.807) is 0 Å². The van der Waals surface area contributed by atoms with Crippen LogP contribution in [0.25, 0.3) is 0 Å². The van der Waals surface area contributed by atoms with Crippen LogP contribution < -0.4 is 0 Å². The van der Waals surface area contributed by atoms with Crippen LogP contribution in [-0.2, 0) is 9.53 Å². The van der Waals surface area contributed by atoms with Crippen molar-refractivity contribution in [3.8, 4) is 0 Å². The second-order valence-electron chi connectivity index (χ2n) is 5.97. The Kier molecular flexibility index (Phi) is 7.92. The number of esters is 1. The molecule has 0 heterocycles. The van der Waals surface area contributed by atoms with Crippen molar-refractivity contribution in [2.24, 2.45) is 5.92 Å². The minimum absolute atomic E-state index is 0.250. The van der Waals surface area contributed by atoms with Crippen molar-refractivity contribution >= 4 is 5.97 Å². The maximum atomic E-state index is 13.6. The highest BCUT2D eigenvalue weighted by Crippen LogP contribution is 2.61. The van der Waals surface area contributed by atoms with E-state index in [0.717, 1.165) is 6.92 Å². The van der Waals surface area contributed by atoms with Crippen molar-refractivity contribution in [3.63, 3.8) is 0 Å². The van der Waals surface area contributed by atoms with Gasteiger partial charge in [0.05, 0.1) is 6.61 Å². The van der Waals surface area contributed by atoms with Gasteiger partial charge in [-0.05, 0) is 6.42 Å². The molecule has 1 unspecified atom stereocenters. The molecule has 0 aromatic carbocycles. The molecule has 0 saturated heterocycles. The molecule has 0 aromatic rings. The molecule has 0 aromatic heterocycles. The number of ether oxygens (including phenoxy) is 1. The summed E-state index contributed by atoms with van der Waals surface area (Å²) >= 11 is 0. The molecule has 0 aliphatic carbocycles. The minimum atomic E-state index is -8.25. The van der Waals surface area contributed by atoms with Crippen LogP contribution in [0, 0.1) is 5.92 Å². The molecule has 0 saturated carbocycles. The Morgan fingerprint density at radius 1 is 0.677 bits per heavy atom. The van der Waals surface area contributed by atoms with Crippen LogP contribution in [0.15, 0.2) is 0 Å². The van der Waals surface area contributed by atoms with Crippen molar-refractivity contribution in [2.45, 2.75) is 61.7 Å². The van der Waals surface area contributed by atoms with Crippen molar-refractivity contribution in [3.05, 3.63) is 0 Å². The molecule has 186 valence electrons. The normalized spacial score (nSPS) is 16.3. The zero-order valence-corrected chi connectivity index (χ0v) is 14.6. The molecular weight excluding hydrogens is 492 g/mol. The Bertz CT molecular complexity index is 632.